The first-order chi connectivity index (χ1) is 6.31. The van der Waals surface area contributed by atoms with E-state index in [9.17, 15) is 0 Å². The first kappa shape index (κ1) is 9.34. The number of aryl methyl sites for hydroxylation is 1. The molecule has 1 aromatic rings. The van der Waals surface area contributed by atoms with E-state index in [0.717, 1.165) is 18.2 Å². The van der Waals surface area contributed by atoms with Crippen LogP contribution in [0.5, 0.6) is 0 Å². The second kappa shape index (κ2) is 4.32. The molecule has 0 heterocycles. The minimum absolute atomic E-state index is 0.294. The van der Waals surface area contributed by atoms with E-state index >= 15 is 0 Å². The van der Waals surface area contributed by atoms with Gasteiger partial charge in [0.2, 0.25) is 0 Å². The summed E-state index contributed by atoms with van der Waals surface area (Å²) in [7, 11) is 0. The highest BCUT2D eigenvalue weighted by molar-refractivity contribution is 5.75. The predicted molar refractivity (Wildman–Crippen MR) is 52.0 cm³/mol. The maximum absolute atomic E-state index is 8.72. The molecule has 0 radical (unpaired) electrons. The Morgan fingerprint density at radius 2 is 2.08 bits per heavy atom. The van der Waals surface area contributed by atoms with Gasteiger partial charge in [0.15, 0.2) is 0 Å². The number of allylic oxidation sites excluding steroid dienone is 1. The van der Waals surface area contributed by atoms with E-state index in [-0.39, 0.29) is 0 Å². The van der Waals surface area contributed by atoms with Crippen molar-refractivity contribution in [1.29, 1.82) is 5.26 Å². The van der Waals surface area contributed by atoms with Crippen molar-refractivity contribution in [2.75, 3.05) is 0 Å². The lowest BCUT2D eigenvalue weighted by Crippen LogP contribution is -1.83. The van der Waals surface area contributed by atoms with Gasteiger partial charge in [0, 0.05) is 0 Å². The largest absolute Gasteiger partial charge is 0.514 e. The molecule has 0 bridgehead atoms. The number of benzene rings is 1. The minimum atomic E-state index is 0.294. The van der Waals surface area contributed by atoms with E-state index in [1.165, 1.54) is 5.56 Å². The quantitative estimate of drug-likeness (QED) is 0.552. The van der Waals surface area contributed by atoms with Crippen molar-refractivity contribution in [3.8, 4) is 6.07 Å². The highest BCUT2D eigenvalue weighted by atomic mass is 16.2. The fourth-order valence-electron chi connectivity index (χ4n) is 1.09. The zero-order chi connectivity index (χ0) is 9.68. The third-order valence-electron chi connectivity index (χ3n) is 1.92. The van der Waals surface area contributed by atoms with Crippen LogP contribution in [0, 0.1) is 11.3 Å². The van der Waals surface area contributed by atoms with Crippen LogP contribution >= 0.6 is 0 Å². The van der Waals surface area contributed by atoms with Gasteiger partial charge in [-0.2, -0.15) is 5.26 Å². The zero-order valence-electron chi connectivity index (χ0n) is 7.49. The fraction of sp³-hybridized carbons (Fsp3) is 0.182. The summed E-state index contributed by atoms with van der Waals surface area (Å²) in [5.74, 6) is 0. The van der Waals surface area contributed by atoms with Crippen molar-refractivity contribution in [2.45, 2.75) is 13.3 Å². The molecule has 1 N–H and O–H groups in total. The second-order valence-corrected chi connectivity index (χ2v) is 2.71. The van der Waals surface area contributed by atoms with Gasteiger partial charge in [-0.3, -0.25) is 0 Å². The second-order valence-electron chi connectivity index (χ2n) is 2.71. The molecule has 2 heteroatoms. The Balaban J connectivity index is 3.00. The van der Waals surface area contributed by atoms with Crippen molar-refractivity contribution >= 4 is 5.57 Å². The van der Waals surface area contributed by atoms with Crippen LogP contribution in [0.4, 0.5) is 0 Å². The highest BCUT2D eigenvalue weighted by Crippen LogP contribution is 2.13. The van der Waals surface area contributed by atoms with E-state index in [4.69, 9.17) is 10.4 Å². The van der Waals surface area contributed by atoms with E-state index in [1.54, 1.807) is 0 Å². The van der Waals surface area contributed by atoms with Gasteiger partial charge in [0.1, 0.15) is 6.07 Å². The Morgan fingerprint density at radius 1 is 1.46 bits per heavy atom. The molecule has 0 spiro atoms. The maximum atomic E-state index is 8.72. The average Bonchev–Trinajstić information content (AvgIpc) is 2.21. The Kier molecular flexibility index (Phi) is 3.10. The lowest BCUT2D eigenvalue weighted by Gasteiger charge is -1.99. The van der Waals surface area contributed by atoms with Crippen LogP contribution in [0.1, 0.15) is 18.1 Å². The standard InChI is InChI=1S/C11H11NO/c1-2-9-3-5-10(6-4-9)11(7-12)8-13/h3-6,8,13H,2H2,1H3/b11-8+. The van der Waals surface area contributed by atoms with Gasteiger partial charge in [0.05, 0.1) is 11.8 Å². The van der Waals surface area contributed by atoms with Gasteiger partial charge in [0.25, 0.3) is 0 Å². The van der Waals surface area contributed by atoms with Gasteiger partial charge in [-0.1, -0.05) is 31.2 Å². The van der Waals surface area contributed by atoms with Gasteiger partial charge in [-0.05, 0) is 17.5 Å². The number of hydrogen-bond acceptors (Lipinski definition) is 2. The van der Waals surface area contributed by atoms with Crippen molar-refractivity contribution in [3.63, 3.8) is 0 Å². The first-order valence-electron chi connectivity index (χ1n) is 4.15. The molecule has 66 valence electrons. The monoisotopic (exact) mass is 173 g/mol. The molecule has 0 amide bonds. The Bertz CT molecular complexity index is 343. The summed E-state index contributed by atoms with van der Waals surface area (Å²) < 4.78 is 0. The fourth-order valence-corrected chi connectivity index (χ4v) is 1.09. The molecule has 1 rings (SSSR count). The number of aliphatic hydroxyl groups is 1. The topological polar surface area (TPSA) is 44.0 Å². The van der Waals surface area contributed by atoms with Crippen LogP contribution in [-0.2, 0) is 6.42 Å². The van der Waals surface area contributed by atoms with Gasteiger partial charge in [-0.15, -0.1) is 0 Å². The van der Waals surface area contributed by atoms with Crippen LogP contribution in [0.3, 0.4) is 0 Å². The smallest absolute Gasteiger partial charge is 0.103 e. The van der Waals surface area contributed by atoms with Crippen molar-refractivity contribution in [1.82, 2.24) is 0 Å². The Hall–Kier alpha value is -1.75. The molecule has 0 unspecified atom stereocenters. The zero-order valence-corrected chi connectivity index (χ0v) is 7.49. The maximum Gasteiger partial charge on any atom is 0.103 e. The van der Waals surface area contributed by atoms with Gasteiger partial charge in [-0.25, -0.2) is 0 Å². The molecule has 0 aliphatic carbocycles. The summed E-state index contributed by atoms with van der Waals surface area (Å²) in [6.07, 6.45) is 1.81. The highest BCUT2D eigenvalue weighted by Gasteiger charge is 1.99. The minimum Gasteiger partial charge on any atom is -0.514 e. The molecule has 0 aliphatic heterocycles. The van der Waals surface area contributed by atoms with Crippen LogP contribution in [-0.4, -0.2) is 5.11 Å². The summed E-state index contributed by atoms with van der Waals surface area (Å²) in [5.41, 5.74) is 2.27. The summed E-state index contributed by atoms with van der Waals surface area (Å²) in [4.78, 5) is 0. The SMILES string of the molecule is CCc1ccc(/C(C#N)=C/O)cc1. The Morgan fingerprint density at radius 3 is 2.46 bits per heavy atom. The van der Waals surface area contributed by atoms with E-state index < -0.39 is 0 Å². The number of aliphatic hydroxyl groups excluding tert-OH is 1. The molecule has 0 aromatic heterocycles. The van der Waals surface area contributed by atoms with Crippen LogP contribution in [0.2, 0.25) is 0 Å². The van der Waals surface area contributed by atoms with E-state index in [1.807, 2.05) is 30.3 Å². The molecular formula is C11H11NO. The lowest BCUT2D eigenvalue weighted by molar-refractivity contribution is 0.476. The third kappa shape index (κ3) is 2.09. The van der Waals surface area contributed by atoms with Crippen molar-refractivity contribution in [2.24, 2.45) is 0 Å². The third-order valence-corrected chi connectivity index (χ3v) is 1.92. The van der Waals surface area contributed by atoms with Crippen LogP contribution in [0.25, 0.3) is 5.57 Å². The number of rotatable bonds is 2. The average molecular weight is 173 g/mol. The molecule has 0 fully saturated rings. The van der Waals surface area contributed by atoms with Gasteiger partial charge >= 0.3 is 0 Å². The first-order valence-corrected chi connectivity index (χ1v) is 4.15. The summed E-state index contributed by atoms with van der Waals surface area (Å²) in [6.45, 7) is 2.07. The van der Waals surface area contributed by atoms with E-state index in [0.29, 0.717) is 5.57 Å². The number of nitriles is 1. The lowest BCUT2D eigenvalue weighted by atomic mass is 10.1. The molecule has 0 saturated heterocycles. The predicted octanol–water partition coefficient (Wildman–Crippen LogP) is 2.67. The molecule has 13 heavy (non-hydrogen) atoms. The summed E-state index contributed by atoms with van der Waals surface area (Å²) in [6, 6.07) is 9.50. The van der Waals surface area contributed by atoms with Crippen LogP contribution < -0.4 is 0 Å². The van der Waals surface area contributed by atoms with E-state index in [2.05, 4.69) is 6.92 Å². The van der Waals surface area contributed by atoms with Crippen LogP contribution in [0.15, 0.2) is 30.5 Å². The van der Waals surface area contributed by atoms with Gasteiger partial charge < -0.3 is 5.11 Å². The Labute approximate surface area is 77.8 Å². The molecular weight excluding hydrogens is 162 g/mol. The number of hydrogen-bond donors (Lipinski definition) is 1. The molecule has 0 aliphatic rings. The number of nitrogens with zero attached hydrogens (tertiary/aromatic N) is 1. The molecule has 1 aromatic carbocycles. The summed E-state index contributed by atoms with van der Waals surface area (Å²) >= 11 is 0. The summed E-state index contributed by atoms with van der Waals surface area (Å²) in [5, 5.41) is 17.3. The van der Waals surface area contributed by atoms with Crippen molar-refractivity contribution < 1.29 is 5.11 Å². The molecule has 0 atom stereocenters. The molecule has 0 saturated carbocycles. The normalized spacial score (nSPS) is 10.9. The van der Waals surface area contributed by atoms with Crippen molar-refractivity contribution in [3.05, 3.63) is 41.7 Å². The molecule has 2 nitrogen and oxygen atoms in total.